The molecule has 0 aromatic rings. The van der Waals surface area contributed by atoms with E-state index in [0.29, 0.717) is 24.0 Å². The van der Waals surface area contributed by atoms with Crippen LogP contribution in [0.2, 0.25) is 0 Å². The van der Waals surface area contributed by atoms with Gasteiger partial charge in [0.2, 0.25) is 5.91 Å². The molecule has 6 heteroatoms. The predicted octanol–water partition coefficient (Wildman–Crippen LogP) is 3.38. The van der Waals surface area contributed by atoms with Gasteiger partial charge in [-0.1, -0.05) is 19.3 Å². The topological polar surface area (TPSA) is 44.4 Å². The van der Waals surface area contributed by atoms with Gasteiger partial charge in [0, 0.05) is 31.1 Å². The highest BCUT2D eigenvalue weighted by molar-refractivity contribution is 5.85. The molecule has 2 aliphatic heterocycles. The molecule has 1 aliphatic carbocycles. The van der Waals surface area contributed by atoms with Gasteiger partial charge in [-0.3, -0.25) is 4.79 Å². The molecule has 3 fully saturated rings. The Hall–Kier alpha value is -0.0300. The van der Waals surface area contributed by atoms with Gasteiger partial charge in [0.15, 0.2) is 0 Å². The van der Waals surface area contributed by atoms with Crippen molar-refractivity contribution < 1.29 is 4.79 Å². The zero-order chi connectivity index (χ0) is 16.2. The smallest absolute Gasteiger partial charge is 0.220 e. The molecule has 2 saturated heterocycles. The second-order valence-corrected chi connectivity index (χ2v) is 8.41. The molecular formula is C19H37Cl2N3O. The van der Waals surface area contributed by atoms with Crippen LogP contribution in [0.5, 0.6) is 0 Å². The minimum atomic E-state index is 0. The molecule has 1 amide bonds. The number of amides is 1. The van der Waals surface area contributed by atoms with Gasteiger partial charge in [-0.25, -0.2) is 0 Å². The third kappa shape index (κ3) is 6.57. The summed E-state index contributed by atoms with van der Waals surface area (Å²) in [5.74, 6) is 1.63. The van der Waals surface area contributed by atoms with Crippen molar-refractivity contribution in [2.45, 2.75) is 82.3 Å². The second-order valence-electron chi connectivity index (χ2n) is 8.41. The molecule has 3 rings (SSSR count). The third-order valence-electron chi connectivity index (χ3n) is 6.41. The number of likely N-dealkylation sites (N-methyl/N-ethyl adjacent to an activating group) is 1. The van der Waals surface area contributed by atoms with E-state index >= 15 is 0 Å². The first-order valence-electron chi connectivity index (χ1n) is 9.81. The van der Waals surface area contributed by atoms with Gasteiger partial charge in [-0.2, -0.15) is 0 Å². The molecule has 0 aromatic carbocycles. The van der Waals surface area contributed by atoms with Crippen LogP contribution in [0.3, 0.4) is 0 Å². The number of hydrogen-bond acceptors (Lipinski definition) is 3. The summed E-state index contributed by atoms with van der Waals surface area (Å²) in [5.41, 5.74) is 0. The van der Waals surface area contributed by atoms with Crippen molar-refractivity contribution in [3.05, 3.63) is 0 Å². The fraction of sp³-hybridized carbons (Fsp3) is 0.947. The third-order valence-corrected chi connectivity index (χ3v) is 6.41. The lowest BCUT2D eigenvalue weighted by Gasteiger charge is -2.35. The lowest BCUT2D eigenvalue weighted by molar-refractivity contribution is -0.122. The van der Waals surface area contributed by atoms with Crippen molar-refractivity contribution in [1.29, 1.82) is 0 Å². The van der Waals surface area contributed by atoms with Crippen LogP contribution in [0.15, 0.2) is 0 Å². The highest BCUT2D eigenvalue weighted by Gasteiger charge is 2.34. The Balaban J connectivity index is 0.00000156. The molecule has 148 valence electrons. The van der Waals surface area contributed by atoms with Crippen LogP contribution in [0, 0.1) is 11.8 Å². The van der Waals surface area contributed by atoms with Gasteiger partial charge in [0.05, 0.1) is 0 Å². The molecule has 4 nitrogen and oxygen atoms in total. The number of nitrogens with one attached hydrogen (secondary N) is 2. The van der Waals surface area contributed by atoms with E-state index in [1.807, 2.05) is 0 Å². The number of fused-ring (bicyclic) bond motifs is 2. The summed E-state index contributed by atoms with van der Waals surface area (Å²) in [6.45, 7) is 0.828. The maximum atomic E-state index is 12.4. The van der Waals surface area contributed by atoms with Gasteiger partial charge < -0.3 is 15.5 Å². The maximum absolute atomic E-state index is 12.4. The molecule has 2 bridgehead atoms. The van der Waals surface area contributed by atoms with E-state index in [9.17, 15) is 4.79 Å². The van der Waals surface area contributed by atoms with Crippen LogP contribution in [-0.2, 0) is 4.79 Å². The average Bonchev–Trinajstić information content (AvgIpc) is 2.87. The lowest BCUT2D eigenvalue weighted by Crippen LogP contribution is -2.46. The Morgan fingerprint density at radius 1 is 1.04 bits per heavy atom. The second kappa shape index (κ2) is 11.0. The van der Waals surface area contributed by atoms with E-state index < -0.39 is 0 Å². The SMILES string of the molecule is CN(C)C(CNC(=O)CC1CC2CCC(C1)N2)C1CCCCC1.Cl.Cl. The molecule has 2 heterocycles. The summed E-state index contributed by atoms with van der Waals surface area (Å²) < 4.78 is 0. The Labute approximate surface area is 166 Å². The summed E-state index contributed by atoms with van der Waals surface area (Å²) in [6, 6.07) is 1.87. The Morgan fingerprint density at radius 3 is 2.20 bits per heavy atom. The van der Waals surface area contributed by atoms with E-state index in [2.05, 4.69) is 29.6 Å². The Morgan fingerprint density at radius 2 is 1.64 bits per heavy atom. The first-order chi connectivity index (χ1) is 11.1. The minimum absolute atomic E-state index is 0. The molecule has 1 saturated carbocycles. The zero-order valence-electron chi connectivity index (χ0n) is 15.8. The van der Waals surface area contributed by atoms with E-state index in [1.165, 1.54) is 57.8 Å². The molecule has 0 spiro atoms. The molecule has 3 atom stereocenters. The van der Waals surface area contributed by atoms with Gasteiger partial charge in [0.25, 0.3) is 0 Å². The molecule has 0 aromatic heterocycles. The van der Waals surface area contributed by atoms with Gasteiger partial charge in [-0.05, 0) is 64.5 Å². The monoisotopic (exact) mass is 393 g/mol. The molecule has 25 heavy (non-hydrogen) atoms. The van der Waals surface area contributed by atoms with Gasteiger partial charge in [0.1, 0.15) is 0 Å². The summed E-state index contributed by atoms with van der Waals surface area (Å²) in [5, 5.41) is 6.92. The first kappa shape index (κ1) is 23.0. The highest BCUT2D eigenvalue weighted by Crippen LogP contribution is 2.32. The summed E-state index contributed by atoms with van der Waals surface area (Å²) in [4.78, 5) is 14.7. The van der Waals surface area contributed by atoms with E-state index in [1.54, 1.807) is 0 Å². The van der Waals surface area contributed by atoms with Crippen molar-refractivity contribution in [2.24, 2.45) is 11.8 Å². The summed E-state index contributed by atoms with van der Waals surface area (Å²) >= 11 is 0. The fourth-order valence-corrected chi connectivity index (χ4v) is 5.18. The molecule has 3 aliphatic rings. The number of hydrogen-bond donors (Lipinski definition) is 2. The van der Waals surface area contributed by atoms with Crippen molar-refractivity contribution in [1.82, 2.24) is 15.5 Å². The molecular weight excluding hydrogens is 357 g/mol. The lowest BCUT2D eigenvalue weighted by atomic mass is 9.83. The van der Waals surface area contributed by atoms with E-state index in [-0.39, 0.29) is 30.7 Å². The largest absolute Gasteiger partial charge is 0.355 e. The quantitative estimate of drug-likeness (QED) is 0.726. The highest BCUT2D eigenvalue weighted by atomic mass is 35.5. The number of rotatable bonds is 6. The first-order valence-corrected chi connectivity index (χ1v) is 9.81. The number of piperidine rings is 1. The fourth-order valence-electron chi connectivity index (χ4n) is 5.18. The van der Waals surface area contributed by atoms with Crippen molar-refractivity contribution in [2.75, 3.05) is 20.6 Å². The number of nitrogens with zero attached hydrogens (tertiary/aromatic N) is 1. The van der Waals surface area contributed by atoms with Crippen molar-refractivity contribution in [3.63, 3.8) is 0 Å². The maximum Gasteiger partial charge on any atom is 0.220 e. The van der Waals surface area contributed by atoms with Crippen LogP contribution in [0.1, 0.15) is 64.2 Å². The normalized spacial score (nSPS) is 30.3. The number of carbonyl (C=O) groups is 1. The van der Waals surface area contributed by atoms with Crippen LogP contribution < -0.4 is 10.6 Å². The molecule has 0 radical (unpaired) electrons. The van der Waals surface area contributed by atoms with Crippen LogP contribution in [0.4, 0.5) is 0 Å². The van der Waals surface area contributed by atoms with Crippen LogP contribution >= 0.6 is 24.8 Å². The number of halogens is 2. The number of carbonyl (C=O) groups excluding carboxylic acids is 1. The Kier molecular flexibility index (Phi) is 10.1. The van der Waals surface area contributed by atoms with Gasteiger partial charge >= 0.3 is 0 Å². The van der Waals surface area contributed by atoms with Crippen molar-refractivity contribution in [3.8, 4) is 0 Å². The average molecular weight is 394 g/mol. The van der Waals surface area contributed by atoms with Gasteiger partial charge in [-0.15, -0.1) is 24.8 Å². The summed E-state index contributed by atoms with van der Waals surface area (Å²) in [6.07, 6.45) is 12.5. The van der Waals surface area contributed by atoms with Crippen LogP contribution in [0.25, 0.3) is 0 Å². The summed E-state index contributed by atoms with van der Waals surface area (Å²) in [7, 11) is 4.33. The van der Waals surface area contributed by atoms with Crippen LogP contribution in [-0.4, -0.2) is 49.6 Å². The van der Waals surface area contributed by atoms with E-state index in [4.69, 9.17) is 0 Å². The molecule has 3 unspecified atom stereocenters. The predicted molar refractivity (Wildman–Crippen MR) is 109 cm³/mol. The minimum Gasteiger partial charge on any atom is -0.355 e. The standard InChI is InChI=1S/C19H35N3O.2ClH/c1-22(2)18(15-6-4-3-5-7-15)13-20-19(23)12-14-10-16-8-9-17(11-14)21-16;;/h14-18,21H,3-13H2,1-2H3,(H,20,23);2*1H. The zero-order valence-corrected chi connectivity index (χ0v) is 17.5. The van der Waals surface area contributed by atoms with Crippen molar-refractivity contribution >= 4 is 30.7 Å². The molecule has 2 N–H and O–H groups in total. The van der Waals surface area contributed by atoms with E-state index in [0.717, 1.165) is 18.9 Å². The Bertz CT molecular complexity index is 390.